The van der Waals surface area contributed by atoms with Crippen molar-refractivity contribution in [2.75, 3.05) is 5.32 Å². The minimum atomic E-state index is -0.141. The fourth-order valence-corrected chi connectivity index (χ4v) is 2.96. The van der Waals surface area contributed by atoms with Gasteiger partial charge >= 0.3 is 0 Å². The summed E-state index contributed by atoms with van der Waals surface area (Å²) in [4.78, 5) is 12.4. The van der Waals surface area contributed by atoms with Crippen LogP contribution in [0.2, 0.25) is 0 Å². The molecule has 1 N–H and O–H groups in total. The zero-order valence-electron chi connectivity index (χ0n) is 12.3. The summed E-state index contributed by atoms with van der Waals surface area (Å²) in [5, 5.41) is 11.1. The Bertz CT molecular complexity index is 856. The van der Waals surface area contributed by atoms with Gasteiger partial charge in [-0.2, -0.15) is 0 Å². The van der Waals surface area contributed by atoms with Crippen LogP contribution < -0.4 is 5.32 Å². The lowest BCUT2D eigenvalue weighted by Crippen LogP contribution is -2.12. The number of anilines is 1. The van der Waals surface area contributed by atoms with E-state index < -0.39 is 0 Å². The van der Waals surface area contributed by atoms with E-state index in [-0.39, 0.29) is 5.91 Å². The standard InChI is InChI=1S/C16H15IN4O/c1-3-21-15-7-4-11(9-14(15)19-20-21)16(22)18-13-6-5-12(17)8-10(13)2/h4-9H,3H2,1-2H3,(H,18,22). The van der Waals surface area contributed by atoms with Gasteiger partial charge in [0.1, 0.15) is 5.52 Å². The molecule has 0 aliphatic rings. The number of fused-ring (bicyclic) bond motifs is 1. The molecule has 0 unspecified atom stereocenters. The van der Waals surface area contributed by atoms with E-state index in [4.69, 9.17) is 0 Å². The first-order valence-corrected chi connectivity index (χ1v) is 8.07. The van der Waals surface area contributed by atoms with Crippen molar-refractivity contribution in [3.8, 4) is 0 Å². The van der Waals surface area contributed by atoms with Gasteiger partial charge in [0.2, 0.25) is 0 Å². The van der Waals surface area contributed by atoms with E-state index in [9.17, 15) is 4.79 Å². The number of nitrogens with one attached hydrogen (secondary N) is 1. The van der Waals surface area contributed by atoms with Gasteiger partial charge in [0.15, 0.2) is 0 Å². The van der Waals surface area contributed by atoms with Crippen molar-refractivity contribution in [2.24, 2.45) is 0 Å². The van der Waals surface area contributed by atoms with Crippen LogP contribution >= 0.6 is 22.6 Å². The normalized spacial score (nSPS) is 10.9. The van der Waals surface area contributed by atoms with Crippen LogP contribution in [0.5, 0.6) is 0 Å². The molecule has 112 valence electrons. The molecule has 0 atom stereocenters. The Morgan fingerprint density at radius 3 is 2.82 bits per heavy atom. The Balaban J connectivity index is 1.88. The van der Waals surface area contributed by atoms with Crippen molar-refractivity contribution >= 4 is 45.2 Å². The van der Waals surface area contributed by atoms with Crippen LogP contribution in [0, 0.1) is 10.5 Å². The van der Waals surface area contributed by atoms with Crippen LogP contribution in [0.25, 0.3) is 11.0 Å². The van der Waals surface area contributed by atoms with Crippen molar-refractivity contribution in [3.63, 3.8) is 0 Å². The number of rotatable bonds is 3. The molecule has 22 heavy (non-hydrogen) atoms. The molecule has 1 aromatic heterocycles. The fraction of sp³-hybridized carbons (Fsp3) is 0.188. The summed E-state index contributed by atoms with van der Waals surface area (Å²) in [5.41, 5.74) is 4.10. The van der Waals surface area contributed by atoms with Crippen LogP contribution in [-0.2, 0) is 6.54 Å². The molecule has 0 bridgehead atoms. The highest BCUT2D eigenvalue weighted by Crippen LogP contribution is 2.19. The number of benzene rings is 2. The van der Waals surface area contributed by atoms with E-state index >= 15 is 0 Å². The van der Waals surface area contributed by atoms with E-state index in [1.165, 1.54) is 0 Å². The Labute approximate surface area is 141 Å². The smallest absolute Gasteiger partial charge is 0.255 e. The number of hydrogen-bond donors (Lipinski definition) is 1. The Morgan fingerprint density at radius 1 is 1.27 bits per heavy atom. The number of amides is 1. The molecular weight excluding hydrogens is 391 g/mol. The Hall–Kier alpha value is -1.96. The van der Waals surface area contributed by atoms with Crippen molar-refractivity contribution in [3.05, 3.63) is 51.1 Å². The molecule has 0 saturated carbocycles. The summed E-state index contributed by atoms with van der Waals surface area (Å²) in [7, 11) is 0. The molecule has 5 nitrogen and oxygen atoms in total. The summed E-state index contributed by atoms with van der Waals surface area (Å²) >= 11 is 2.25. The first-order valence-electron chi connectivity index (χ1n) is 6.99. The fourth-order valence-electron chi connectivity index (χ4n) is 2.31. The monoisotopic (exact) mass is 406 g/mol. The highest BCUT2D eigenvalue weighted by Gasteiger charge is 2.11. The van der Waals surface area contributed by atoms with Gasteiger partial charge in [0.05, 0.1) is 5.52 Å². The summed E-state index contributed by atoms with van der Waals surface area (Å²) in [6.07, 6.45) is 0. The maximum Gasteiger partial charge on any atom is 0.255 e. The molecule has 1 amide bonds. The summed E-state index contributed by atoms with van der Waals surface area (Å²) < 4.78 is 2.95. The second kappa shape index (κ2) is 6.04. The van der Waals surface area contributed by atoms with Gasteiger partial charge in [-0.1, -0.05) is 5.21 Å². The van der Waals surface area contributed by atoms with E-state index in [2.05, 4.69) is 38.2 Å². The highest BCUT2D eigenvalue weighted by atomic mass is 127. The molecular formula is C16H15IN4O. The van der Waals surface area contributed by atoms with Gasteiger partial charge in [-0.05, 0) is 78.4 Å². The van der Waals surface area contributed by atoms with Crippen LogP contribution in [0.1, 0.15) is 22.8 Å². The van der Waals surface area contributed by atoms with Gasteiger partial charge in [-0.15, -0.1) is 5.10 Å². The minimum Gasteiger partial charge on any atom is -0.322 e. The zero-order chi connectivity index (χ0) is 15.7. The lowest BCUT2D eigenvalue weighted by molar-refractivity contribution is 0.102. The maximum absolute atomic E-state index is 12.4. The van der Waals surface area contributed by atoms with Crippen molar-refractivity contribution in [1.82, 2.24) is 15.0 Å². The van der Waals surface area contributed by atoms with E-state index in [0.717, 1.165) is 32.4 Å². The first-order chi connectivity index (χ1) is 10.6. The number of nitrogens with zero attached hydrogens (tertiary/aromatic N) is 3. The van der Waals surface area contributed by atoms with Gasteiger partial charge in [-0.25, -0.2) is 4.68 Å². The number of aryl methyl sites for hydroxylation is 2. The highest BCUT2D eigenvalue weighted by molar-refractivity contribution is 14.1. The third-order valence-electron chi connectivity index (χ3n) is 3.51. The van der Waals surface area contributed by atoms with Crippen molar-refractivity contribution < 1.29 is 4.79 Å². The van der Waals surface area contributed by atoms with Crippen molar-refractivity contribution in [1.29, 1.82) is 0 Å². The topological polar surface area (TPSA) is 59.8 Å². The van der Waals surface area contributed by atoms with E-state index in [0.29, 0.717) is 5.56 Å². The number of carbonyl (C=O) groups is 1. The average Bonchev–Trinajstić information content (AvgIpc) is 2.92. The average molecular weight is 406 g/mol. The van der Waals surface area contributed by atoms with E-state index in [1.807, 2.05) is 38.1 Å². The lowest BCUT2D eigenvalue weighted by Gasteiger charge is -2.09. The number of halogens is 1. The molecule has 0 radical (unpaired) electrons. The second-order valence-corrected chi connectivity index (χ2v) is 6.27. The molecule has 1 heterocycles. The summed E-state index contributed by atoms with van der Waals surface area (Å²) in [5.74, 6) is -0.141. The molecule has 0 aliphatic heterocycles. The Kier molecular flexibility index (Phi) is 4.10. The molecule has 0 aliphatic carbocycles. The van der Waals surface area contributed by atoms with E-state index in [1.54, 1.807) is 16.8 Å². The molecule has 0 saturated heterocycles. The van der Waals surface area contributed by atoms with Gasteiger partial charge in [0, 0.05) is 21.4 Å². The van der Waals surface area contributed by atoms with Crippen LogP contribution in [0.15, 0.2) is 36.4 Å². The van der Waals surface area contributed by atoms with Crippen LogP contribution in [-0.4, -0.2) is 20.9 Å². The third kappa shape index (κ3) is 2.83. The zero-order valence-corrected chi connectivity index (χ0v) is 14.5. The molecule has 3 rings (SSSR count). The minimum absolute atomic E-state index is 0.141. The maximum atomic E-state index is 12.4. The predicted molar refractivity (Wildman–Crippen MR) is 95.1 cm³/mol. The van der Waals surface area contributed by atoms with Crippen LogP contribution in [0.3, 0.4) is 0 Å². The number of hydrogen-bond acceptors (Lipinski definition) is 3. The Morgan fingerprint density at radius 2 is 2.09 bits per heavy atom. The predicted octanol–water partition coefficient (Wildman–Crippen LogP) is 3.62. The molecule has 0 spiro atoms. The second-order valence-electron chi connectivity index (χ2n) is 5.02. The van der Waals surface area contributed by atoms with Crippen molar-refractivity contribution in [2.45, 2.75) is 20.4 Å². The molecule has 3 aromatic rings. The number of aromatic nitrogens is 3. The van der Waals surface area contributed by atoms with Gasteiger partial charge < -0.3 is 5.32 Å². The largest absolute Gasteiger partial charge is 0.322 e. The molecule has 0 fully saturated rings. The third-order valence-corrected chi connectivity index (χ3v) is 4.18. The number of carbonyl (C=O) groups excluding carboxylic acids is 1. The lowest BCUT2D eigenvalue weighted by atomic mass is 10.1. The quantitative estimate of drug-likeness (QED) is 0.677. The summed E-state index contributed by atoms with van der Waals surface area (Å²) in [6, 6.07) is 11.4. The SMILES string of the molecule is CCn1nnc2cc(C(=O)Nc3ccc(I)cc3C)ccc21. The first kappa shape index (κ1) is 15.0. The molecule has 6 heteroatoms. The van der Waals surface area contributed by atoms with Gasteiger partial charge in [-0.3, -0.25) is 4.79 Å². The molecule has 2 aromatic carbocycles. The summed E-state index contributed by atoms with van der Waals surface area (Å²) in [6.45, 7) is 4.74. The van der Waals surface area contributed by atoms with Gasteiger partial charge in [0.25, 0.3) is 5.91 Å². The van der Waals surface area contributed by atoms with Crippen LogP contribution in [0.4, 0.5) is 5.69 Å².